The summed E-state index contributed by atoms with van der Waals surface area (Å²) in [5.41, 5.74) is 0. The predicted octanol–water partition coefficient (Wildman–Crippen LogP) is 24.3. The van der Waals surface area contributed by atoms with E-state index in [9.17, 15) is 14.4 Å². The highest BCUT2D eigenvalue weighted by Gasteiger charge is 2.19. The summed E-state index contributed by atoms with van der Waals surface area (Å²) in [6, 6.07) is 0. The fraction of sp³-hybridized carbons (Fsp3) is 0.701. The molecule has 0 aromatic carbocycles. The van der Waals surface area contributed by atoms with Crippen molar-refractivity contribution < 1.29 is 28.6 Å². The minimum Gasteiger partial charge on any atom is -0.462 e. The Morgan fingerprint density at radius 1 is 0.253 bits per heavy atom. The number of carbonyl (C=O) groups excluding carboxylic acids is 3. The number of unbranched alkanes of at least 4 members (excludes halogenated alkanes) is 32. The maximum atomic E-state index is 12.9. The van der Waals surface area contributed by atoms with Crippen LogP contribution in [0.3, 0.4) is 0 Å². The fourth-order valence-electron chi connectivity index (χ4n) is 9.69. The maximum Gasteiger partial charge on any atom is 0.306 e. The molecular weight excluding hydrogens is 1020 g/mol. The molecule has 0 saturated carbocycles. The molecule has 0 aliphatic carbocycles. The summed E-state index contributed by atoms with van der Waals surface area (Å²) in [5, 5.41) is 0. The maximum absolute atomic E-state index is 12.9. The number of rotatable bonds is 63. The SMILES string of the molecule is CC/C=C\C/C=C\C/C=C\C/C=C\C/C=C\C/C=C\C/C=C\CCCC(=O)OC(COC(=O)CCCCCCC/C=C\C/C=C\CCCCC)COC(=O)CCCCCCCCCCCCCCCCC/C=C\CCCCCCCCCC. The van der Waals surface area contributed by atoms with Gasteiger partial charge in [-0.3, -0.25) is 14.4 Å². The zero-order valence-corrected chi connectivity index (χ0v) is 54.4. The minimum absolute atomic E-state index is 0.106. The Bertz CT molecular complexity index is 1700. The van der Waals surface area contributed by atoms with Crippen LogP contribution < -0.4 is 0 Å². The molecule has 0 aliphatic rings. The number of carbonyl (C=O) groups is 3. The molecule has 0 amide bonds. The van der Waals surface area contributed by atoms with E-state index >= 15 is 0 Å². The molecule has 6 nitrogen and oxygen atoms in total. The molecule has 0 heterocycles. The summed E-state index contributed by atoms with van der Waals surface area (Å²) in [6.45, 7) is 6.47. The average molecular weight is 1150 g/mol. The van der Waals surface area contributed by atoms with Crippen LogP contribution in [-0.4, -0.2) is 37.2 Å². The molecule has 0 saturated heterocycles. The highest BCUT2D eigenvalue weighted by atomic mass is 16.6. The summed E-state index contributed by atoms with van der Waals surface area (Å²) in [4.78, 5) is 38.4. The van der Waals surface area contributed by atoms with Gasteiger partial charge in [0.25, 0.3) is 0 Å². The summed E-state index contributed by atoms with van der Waals surface area (Å²) in [5.74, 6) is -0.972. The Morgan fingerprint density at radius 2 is 0.482 bits per heavy atom. The van der Waals surface area contributed by atoms with Crippen LogP contribution in [0.5, 0.6) is 0 Å². The molecule has 0 N–H and O–H groups in total. The van der Waals surface area contributed by atoms with E-state index in [1.165, 1.54) is 167 Å². The fourth-order valence-corrected chi connectivity index (χ4v) is 9.69. The lowest BCUT2D eigenvalue weighted by molar-refractivity contribution is -0.167. The summed E-state index contributed by atoms with van der Waals surface area (Å²) >= 11 is 0. The molecule has 0 bridgehead atoms. The van der Waals surface area contributed by atoms with Gasteiger partial charge in [0.15, 0.2) is 6.10 Å². The van der Waals surface area contributed by atoms with Gasteiger partial charge in [0.2, 0.25) is 0 Å². The third-order valence-corrected chi connectivity index (χ3v) is 14.9. The summed E-state index contributed by atoms with van der Waals surface area (Å²) in [6.07, 6.45) is 98.0. The van der Waals surface area contributed by atoms with Gasteiger partial charge in [-0.2, -0.15) is 0 Å². The summed E-state index contributed by atoms with van der Waals surface area (Å²) in [7, 11) is 0. The molecule has 0 spiro atoms. The highest BCUT2D eigenvalue weighted by Crippen LogP contribution is 2.16. The molecule has 0 aliphatic heterocycles. The van der Waals surface area contributed by atoms with Gasteiger partial charge < -0.3 is 14.2 Å². The molecule has 1 unspecified atom stereocenters. The van der Waals surface area contributed by atoms with Crippen LogP contribution in [0.15, 0.2) is 122 Å². The van der Waals surface area contributed by atoms with Crippen molar-refractivity contribution in [3.63, 3.8) is 0 Å². The van der Waals surface area contributed by atoms with E-state index in [1.807, 2.05) is 0 Å². The Hall–Kier alpha value is -4.19. The van der Waals surface area contributed by atoms with E-state index in [0.717, 1.165) is 116 Å². The van der Waals surface area contributed by atoms with E-state index in [1.54, 1.807) is 0 Å². The van der Waals surface area contributed by atoms with Gasteiger partial charge in [-0.25, -0.2) is 0 Å². The van der Waals surface area contributed by atoms with Crippen molar-refractivity contribution in [2.75, 3.05) is 13.2 Å². The average Bonchev–Trinajstić information content (AvgIpc) is 3.49. The first kappa shape index (κ1) is 78.8. The lowest BCUT2D eigenvalue weighted by Crippen LogP contribution is -2.30. The molecule has 0 aromatic rings. The Balaban J connectivity index is 4.41. The first-order valence-electron chi connectivity index (χ1n) is 35.0. The monoisotopic (exact) mass is 1150 g/mol. The van der Waals surface area contributed by atoms with Gasteiger partial charge in [0.05, 0.1) is 0 Å². The normalized spacial score (nSPS) is 12.9. The van der Waals surface area contributed by atoms with E-state index in [2.05, 4.69) is 142 Å². The van der Waals surface area contributed by atoms with Gasteiger partial charge in [0, 0.05) is 19.3 Å². The molecule has 0 fully saturated rings. The number of esters is 3. The van der Waals surface area contributed by atoms with Crippen molar-refractivity contribution in [3.8, 4) is 0 Å². The van der Waals surface area contributed by atoms with Crippen LogP contribution in [0, 0.1) is 0 Å². The van der Waals surface area contributed by atoms with Gasteiger partial charge in [0.1, 0.15) is 13.2 Å². The van der Waals surface area contributed by atoms with Gasteiger partial charge >= 0.3 is 17.9 Å². The molecule has 0 aromatic heterocycles. The minimum atomic E-state index is -0.819. The van der Waals surface area contributed by atoms with Crippen LogP contribution in [0.4, 0.5) is 0 Å². The van der Waals surface area contributed by atoms with E-state index in [4.69, 9.17) is 14.2 Å². The van der Waals surface area contributed by atoms with Gasteiger partial charge in [-0.1, -0.05) is 303 Å². The second kappa shape index (κ2) is 70.3. The predicted molar refractivity (Wildman–Crippen MR) is 362 cm³/mol. The Labute approximate surface area is 513 Å². The van der Waals surface area contributed by atoms with Crippen molar-refractivity contribution in [2.45, 2.75) is 335 Å². The number of hydrogen-bond donors (Lipinski definition) is 0. The van der Waals surface area contributed by atoms with Crippen molar-refractivity contribution >= 4 is 17.9 Å². The number of allylic oxidation sites excluding steroid dienone is 20. The topological polar surface area (TPSA) is 78.9 Å². The number of ether oxygens (including phenoxy) is 3. The Kier molecular flexibility index (Phi) is 66.7. The lowest BCUT2D eigenvalue weighted by Gasteiger charge is -2.18. The molecule has 83 heavy (non-hydrogen) atoms. The third kappa shape index (κ3) is 68.5. The molecule has 0 radical (unpaired) electrons. The van der Waals surface area contributed by atoms with E-state index in [-0.39, 0.29) is 37.5 Å². The molecule has 0 rings (SSSR count). The Morgan fingerprint density at radius 3 is 0.807 bits per heavy atom. The summed E-state index contributed by atoms with van der Waals surface area (Å²) < 4.78 is 16.9. The van der Waals surface area contributed by atoms with Crippen LogP contribution in [0.25, 0.3) is 0 Å². The first-order valence-corrected chi connectivity index (χ1v) is 35.0. The van der Waals surface area contributed by atoms with E-state index in [0.29, 0.717) is 19.3 Å². The van der Waals surface area contributed by atoms with Crippen LogP contribution >= 0.6 is 0 Å². The molecule has 6 heteroatoms. The highest BCUT2D eigenvalue weighted by molar-refractivity contribution is 5.71. The smallest absolute Gasteiger partial charge is 0.306 e. The van der Waals surface area contributed by atoms with Crippen LogP contribution in [-0.2, 0) is 28.6 Å². The van der Waals surface area contributed by atoms with Crippen LogP contribution in [0.2, 0.25) is 0 Å². The standard InChI is InChI=1S/C77H130O6/c1-4-7-10-13-16-19-22-25-28-30-32-34-36-37-38-39-41-42-44-46-49-52-55-58-61-64-67-70-76(79)82-73-74(72-81-75(78)69-66-63-60-57-54-51-48-27-24-21-18-15-12-9-6-3)83-77(80)71-68-65-62-59-56-53-50-47-45-43-40-35-33-31-29-26-23-20-17-14-11-8-5-2/h8,11,17-18,20-21,26-27,29-30,32-33,35,43,45,48,50,53,59,62,74H,4-7,9-10,12-16,19,22-25,28,31,34,36-42,44,46-47,49,51-52,54-58,60-61,63-73H2,1-3H3/b11-8-,20-17-,21-18-,29-26-,32-30-,35-33-,45-43-,48-27-,53-50-,62-59-. The van der Waals surface area contributed by atoms with Crippen molar-refractivity contribution in [1.82, 2.24) is 0 Å². The molecule has 474 valence electrons. The van der Waals surface area contributed by atoms with Gasteiger partial charge in [-0.15, -0.1) is 0 Å². The number of hydrogen-bond acceptors (Lipinski definition) is 6. The van der Waals surface area contributed by atoms with E-state index < -0.39 is 6.10 Å². The van der Waals surface area contributed by atoms with Crippen molar-refractivity contribution in [3.05, 3.63) is 122 Å². The second-order valence-corrected chi connectivity index (χ2v) is 23.1. The van der Waals surface area contributed by atoms with Crippen molar-refractivity contribution in [1.29, 1.82) is 0 Å². The lowest BCUT2D eigenvalue weighted by atomic mass is 10.0. The van der Waals surface area contributed by atoms with Crippen LogP contribution in [0.1, 0.15) is 329 Å². The quantitative estimate of drug-likeness (QED) is 0.0261. The first-order chi connectivity index (χ1) is 41.0. The molecule has 1 atom stereocenters. The molecular formula is C77H130O6. The zero-order chi connectivity index (χ0) is 59.9. The third-order valence-electron chi connectivity index (χ3n) is 14.9. The van der Waals surface area contributed by atoms with Gasteiger partial charge in [-0.05, 0) is 128 Å². The van der Waals surface area contributed by atoms with Crippen molar-refractivity contribution in [2.24, 2.45) is 0 Å². The second-order valence-electron chi connectivity index (χ2n) is 23.1. The zero-order valence-electron chi connectivity index (χ0n) is 54.4. The largest absolute Gasteiger partial charge is 0.462 e.